The number of para-hydroxylation sites is 1. The van der Waals surface area contributed by atoms with E-state index in [0.29, 0.717) is 47.0 Å². The lowest BCUT2D eigenvalue weighted by Crippen LogP contribution is -2.21. The minimum absolute atomic E-state index is 0.194. The molecule has 0 N–H and O–H groups in total. The summed E-state index contributed by atoms with van der Waals surface area (Å²) >= 11 is 7.04. The predicted octanol–water partition coefficient (Wildman–Crippen LogP) is 8.89. The van der Waals surface area contributed by atoms with E-state index in [9.17, 15) is 4.79 Å². The highest BCUT2D eigenvalue weighted by atomic mass is 79.9. The molecule has 0 atom stereocenters. The van der Waals surface area contributed by atoms with Gasteiger partial charge in [-0.15, -0.1) is 0 Å². The molecule has 0 saturated carbocycles. The summed E-state index contributed by atoms with van der Waals surface area (Å²) in [4.78, 5) is 18.9. The van der Waals surface area contributed by atoms with Crippen LogP contribution in [0.2, 0.25) is 0 Å². The first-order valence-electron chi connectivity index (χ1n) is 14.3. The molecule has 1 heterocycles. The molecule has 1 aromatic heterocycles. The zero-order chi connectivity index (χ0) is 31.4. The van der Waals surface area contributed by atoms with Crippen molar-refractivity contribution in [2.45, 2.75) is 40.2 Å². The van der Waals surface area contributed by atoms with Crippen LogP contribution in [0.15, 0.2) is 91.6 Å². The first-order valence-corrected chi connectivity index (χ1v) is 15.9. The number of rotatable bonds is 10. The largest absolute Gasteiger partial charge is 0.494 e. The molecule has 0 bridgehead atoms. The minimum atomic E-state index is -0.277. The summed E-state index contributed by atoms with van der Waals surface area (Å²) in [5.74, 6) is 2.50. The third-order valence-electron chi connectivity index (χ3n) is 7.15. The predicted molar refractivity (Wildman–Crippen MR) is 184 cm³/mol. The number of nitrogens with zero attached hydrogens (tertiary/aromatic N) is 3. The average molecular weight is 719 g/mol. The fourth-order valence-electron chi connectivity index (χ4n) is 4.92. The maximum atomic E-state index is 14.0. The topological polar surface area (TPSA) is 74.9 Å². The molecular formula is C35H33Br2N3O4. The van der Waals surface area contributed by atoms with Gasteiger partial charge >= 0.3 is 0 Å². The van der Waals surface area contributed by atoms with Gasteiger partial charge in [-0.1, -0.05) is 70.0 Å². The molecule has 7 nitrogen and oxygen atoms in total. The maximum absolute atomic E-state index is 14.0. The van der Waals surface area contributed by atoms with Gasteiger partial charge in [-0.3, -0.25) is 4.79 Å². The number of benzene rings is 4. The van der Waals surface area contributed by atoms with Crippen molar-refractivity contribution in [3.05, 3.63) is 114 Å². The Morgan fingerprint density at radius 3 is 2.41 bits per heavy atom. The fourth-order valence-corrected chi connectivity index (χ4v) is 5.64. The molecule has 226 valence electrons. The van der Waals surface area contributed by atoms with Crippen LogP contribution >= 0.6 is 31.9 Å². The number of hydrogen-bond donors (Lipinski definition) is 0. The third-order valence-corrected chi connectivity index (χ3v) is 8.14. The van der Waals surface area contributed by atoms with Gasteiger partial charge in [-0.2, -0.15) is 9.78 Å². The first kappa shape index (κ1) is 31.5. The Labute approximate surface area is 273 Å². The zero-order valence-electron chi connectivity index (χ0n) is 25.2. The van der Waals surface area contributed by atoms with Crippen LogP contribution in [0.1, 0.15) is 48.9 Å². The van der Waals surface area contributed by atoms with Crippen LogP contribution in [0.5, 0.6) is 17.2 Å². The Bertz CT molecular complexity index is 1900. The van der Waals surface area contributed by atoms with Crippen LogP contribution < -0.4 is 19.8 Å². The van der Waals surface area contributed by atoms with E-state index in [2.05, 4.69) is 51.8 Å². The van der Waals surface area contributed by atoms with E-state index in [4.69, 9.17) is 24.3 Å². The van der Waals surface area contributed by atoms with Crippen LogP contribution in [-0.4, -0.2) is 29.6 Å². The van der Waals surface area contributed by atoms with E-state index in [1.165, 1.54) is 4.68 Å². The third kappa shape index (κ3) is 6.74. The van der Waals surface area contributed by atoms with Crippen molar-refractivity contribution in [2.75, 3.05) is 13.7 Å². The van der Waals surface area contributed by atoms with Crippen molar-refractivity contribution in [3.63, 3.8) is 0 Å². The van der Waals surface area contributed by atoms with E-state index in [-0.39, 0.29) is 11.5 Å². The number of hydrogen-bond acceptors (Lipinski definition) is 6. The Balaban J connectivity index is 1.67. The molecule has 44 heavy (non-hydrogen) atoms. The molecule has 0 aliphatic rings. The molecule has 0 fully saturated rings. The average Bonchev–Trinajstić information content (AvgIpc) is 3.00. The lowest BCUT2D eigenvalue weighted by Gasteiger charge is -2.18. The van der Waals surface area contributed by atoms with Gasteiger partial charge in [0, 0.05) is 20.1 Å². The van der Waals surface area contributed by atoms with Crippen molar-refractivity contribution >= 4 is 49.0 Å². The molecule has 0 spiro atoms. The zero-order valence-corrected chi connectivity index (χ0v) is 28.4. The van der Waals surface area contributed by atoms with Gasteiger partial charge in [-0.25, -0.2) is 4.98 Å². The summed E-state index contributed by atoms with van der Waals surface area (Å²) in [5.41, 5.74) is 4.70. The summed E-state index contributed by atoms with van der Waals surface area (Å²) in [7, 11) is 1.59. The van der Waals surface area contributed by atoms with Gasteiger partial charge < -0.3 is 14.2 Å². The van der Waals surface area contributed by atoms with Crippen molar-refractivity contribution < 1.29 is 14.2 Å². The van der Waals surface area contributed by atoms with Crippen LogP contribution in [0.3, 0.4) is 0 Å². The standard InChI is InChI=1S/C35H33Br2N3O4/c1-6-43-31-15-22(4)29(18-28(31)21(2)3)34-39-30-10-8-7-9-27(30)35(41)40(34)38-19-24-16-26(37)17-32(42-5)33(24)44-20-23-11-13-25(36)14-12-23/h7-19,21H,6,20H2,1-5H3. The number of aromatic nitrogens is 2. The fraction of sp³-hybridized carbons (Fsp3) is 0.229. The molecule has 4 aromatic carbocycles. The van der Waals surface area contributed by atoms with Crippen molar-refractivity contribution in [1.29, 1.82) is 0 Å². The Kier molecular flexibility index (Phi) is 9.86. The van der Waals surface area contributed by atoms with E-state index < -0.39 is 0 Å². The second kappa shape index (κ2) is 13.8. The van der Waals surface area contributed by atoms with E-state index in [1.54, 1.807) is 19.4 Å². The number of aryl methyl sites for hydroxylation is 1. The molecule has 0 saturated heterocycles. The molecule has 9 heteroatoms. The molecule has 5 rings (SSSR count). The summed E-state index contributed by atoms with van der Waals surface area (Å²) < 4.78 is 21.0. The summed E-state index contributed by atoms with van der Waals surface area (Å²) in [5, 5.41) is 5.22. The van der Waals surface area contributed by atoms with E-state index in [0.717, 1.165) is 36.9 Å². The lowest BCUT2D eigenvalue weighted by atomic mass is 9.96. The first-order chi connectivity index (χ1) is 21.2. The van der Waals surface area contributed by atoms with E-state index in [1.807, 2.05) is 74.5 Å². The number of fused-ring (bicyclic) bond motifs is 1. The maximum Gasteiger partial charge on any atom is 0.282 e. The smallest absolute Gasteiger partial charge is 0.282 e. The summed E-state index contributed by atoms with van der Waals surface area (Å²) in [6, 6.07) is 23.0. The number of ether oxygens (including phenoxy) is 3. The molecular weight excluding hydrogens is 686 g/mol. The van der Waals surface area contributed by atoms with Gasteiger partial charge in [-0.05, 0) is 85.0 Å². The monoisotopic (exact) mass is 717 g/mol. The molecule has 0 radical (unpaired) electrons. The van der Waals surface area contributed by atoms with Crippen LogP contribution in [0, 0.1) is 6.92 Å². The Hall–Kier alpha value is -3.95. The van der Waals surface area contributed by atoms with E-state index >= 15 is 0 Å². The van der Waals surface area contributed by atoms with Crippen molar-refractivity contribution in [1.82, 2.24) is 9.66 Å². The highest BCUT2D eigenvalue weighted by molar-refractivity contribution is 9.10. The van der Waals surface area contributed by atoms with Gasteiger partial charge in [0.1, 0.15) is 12.4 Å². The normalized spacial score (nSPS) is 11.5. The van der Waals surface area contributed by atoms with Gasteiger partial charge in [0.15, 0.2) is 17.3 Å². The van der Waals surface area contributed by atoms with Gasteiger partial charge in [0.25, 0.3) is 5.56 Å². The molecule has 5 aromatic rings. The van der Waals surface area contributed by atoms with Gasteiger partial charge in [0.2, 0.25) is 0 Å². The molecule has 0 aliphatic carbocycles. The minimum Gasteiger partial charge on any atom is -0.494 e. The van der Waals surface area contributed by atoms with Crippen LogP contribution in [-0.2, 0) is 6.61 Å². The quantitative estimate of drug-likeness (QED) is 0.135. The van der Waals surface area contributed by atoms with Crippen LogP contribution in [0.4, 0.5) is 0 Å². The molecule has 0 amide bonds. The second-order valence-electron chi connectivity index (χ2n) is 10.5. The van der Waals surface area contributed by atoms with Crippen molar-refractivity contribution in [3.8, 4) is 28.6 Å². The molecule has 0 aliphatic heterocycles. The number of halogens is 2. The highest BCUT2D eigenvalue weighted by Gasteiger charge is 2.19. The number of methoxy groups -OCH3 is 1. The second-order valence-corrected chi connectivity index (χ2v) is 12.4. The van der Waals surface area contributed by atoms with Crippen LogP contribution in [0.25, 0.3) is 22.3 Å². The summed E-state index contributed by atoms with van der Waals surface area (Å²) in [6.07, 6.45) is 1.61. The Morgan fingerprint density at radius 2 is 1.70 bits per heavy atom. The van der Waals surface area contributed by atoms with Crippen molar-refractivity contribution in [2.24, 2.45) is 5.10 Å². The van der Waals surface area contributed by atoms with Gasteiger partial charge in [0.05, 0.1) is 30.8 Å². The lowest BCUT2D eigenvalue weighted by molar-refractivity contribution is 0.284. The highest BCUT2D eigenvalue weighted by Crippen LogP contribution is 2.36. The SMILES string of the molecule is CCOc1cc(C)c(-c2nc3ccccc3c(=O)n2N=Cc2cc(Br)cc(OC)c2OCc2ccc(Br)cc2)cc1C(C)C. The summed E-state index contributed by atoms with van der Waals surface area (Å²) in [6.45, 7) is 9.07. The Morgan fingerprint density at radius 1 is 0.955 bits per heavy atom. The molecule has 0 unspecified atom stereocenters.